The predicted octanol–water partition coefficient (Wildman–Crippen LogP) is 4.58. The summed E-state index contributed by atoms with van der Waals surface area (Å²) in [5, 5.41) is 0.654. The molecule has 0 aliphatic carbocycles. The molecule has 0 aliphatic heterocycles. The van der Waals surface area contributed by atoms with Gasteiger partial charge >= 0.3 is 6.18 Å². The standard InChI is InChI=1S/C22H22F4N2O3S/c1-21(2,32(30,31)17-6-4-5-15(11-17)22(24,25)26)20(29)28(3)10-9-14-13-27-19-8-7-16(23)12-18(14)19/h4-8,11-13,27H,9-10H2,1-3H3. The first-order valence-electron chi connectivity index (χ1n) is 9.68. The molecular weight excluding hydrogens is 448 g/mol. The number of nitrogens with one attached hydrogen (secondary N) is 1. The van der Waals surface area contributed by atoms with E-state index in [2.05, 4.69) is 4.98 Å². The molecule has 0 saturated heterocycles. The molecule has 0 fully saturated rings. The van der Waals surface area contributed by atoms with Gasteiger partial charge < -0.3 is 9.88 Å². The highest BCUT2D eigenvalue weighted by atomic mass is 32.2. The van der Waals surface area contributed by atoms with Gasteiger partial charge in [0.2, 0.25) is 5.91 Å². The lowest BCUT2D eigenvalue weighted by Gasteiger charge is -2.29. The van der Waals surface area contributed by atoms with Gasteiger partial charge in [-0.25, -0.2) is 12.8 Å². The number of benzene rings is 2. The molecular formula is C22H22F4N2O3S. The maximum Gasteiger partial charge on any atom is 0.416 e. The number of aromatic nitrogens is 1. The number of hydrogen-bond donors (Lipinski definition) is 1. The zero-order chi connectivity index (χ0) is 23.9. The number of sulfone groups is 1. The molecule has 1 N–H and O–H groups in total. The molecule has 3 rings (SSSR count). The highest BCUT2D eigenvalue weighted by Gasteiger charge is 2.45. The maximum atomic E-state index is 13.6. The van der Waals surface area contributed by atoms with E-state index in [4.69, 9.17) is 0 Å². The van der Waals surface area contributed by atoms with E-state index in [-0.39, 0.29) is 6.54 Å². The number of rotatable bonds is 6. The summed E-state index contributed by atoms with van der Waals surface area (Å²) in [5.74, 6) is -1.17. The molecule has 0 unspecified atom stereocenters. The summed E-state index contributed by atoms with van der Waals surface area (Å²) in [6, 6.07) is 7.61. The van der Waals surface area contributed by atoms with Gasteiger partial charge in [0.15, 0.2) is 9.84 Å². The molecule has 32 heavy (non-hydrogen) atoms. The molecule has 0 bridgehead atoms. The van der Waals surface area contributed by atoms with E-state index in [9.17, 15) is 30.8 Å². The van der Waals surface area contributed by atoms with Crippen molar-refractivity contribution in [3.63, 3.8) is 0 Å². The van der Waals surface area contributed by atoms with Gasteiger partial charge in [0.05, 0.1) is 10.5 Å². The van der Waals surface area contributed by atoms with Crippen molar-refractivity contribution in [2.45, 2.75) is 36.1 Å². The summed E-state index contributed by atoms with van der Waals surface area (Å²) in [7, 11) is -3.01. The number of carbonyl (C=O) groups excluding carboxylic acids is 1. The third-order valence-corrected chi connectivity index (χ3v) is 7.84. The second kappa shape index (κ2) is 8.23. The van der Waals surface area contributed by atoms with Crippen LogP contribution in [0.3, 0.4) is 0 Å². The summed E-state index contributed by atoms with van der Waals surface area (Å²) in [4.78, 5) is 16.6. The number of fused-ring (bicyclic) bond motifs is 1. The summed E-state index contributed by atoms with van der Waals surface area (Å²) < 4.78 is 76.7. The van der Waals surface area contributed by atoms with Crippen molar-refractivity contribution < 1.29 is 30.8 Å². The second-order valence-electron chi connectivity index (χ2n) is 8.02. The van der Waals surface area contributed by atoms with E-state index in [0.29, 0.717) is 17.9 Å². The topological polar surface area (TPSA) is 70.2 Å². The number of likely N-dealkylation sites (N-methyl/N-ethyl adjacent to an activating group) is 1. The quantitative estimate of drug-likeness (QED) is 0.536. The molecule has 1 amide bonds. The lowest BCUT2D eigenvalue weighted by atomic mass is 10.1. The zero-order valence-corrected chi connectivity index (χ0v) is 18.4. The van der Waals surface area contributed by atoms with E-state index in [1.165, 1.54) is 37.9 Å². The lowest BCUT2D eigenvalue weighted by Crippen LogP contribution is -2.49. The van der Waals surface area contributed by atoms with Crippen molar-refractivity contribution in [2.24, 2.45) is 0 Å². The summed E-state index contributed by atoms with van der Waals surface area (Å²) in [6.45, 7) is 2.47. The first-order valence-corrected chi connectivity index (χ1v) is 11.2. The minimum atomic E-state index is -4.71. The van der Waals surface area contributed by atoms with Gasteiger partial charge in [0.1, 0.15) is 10.6 Å². The average molecular weight is 470 g/mol. The van der Waals surface area contributed by atoms with Gasteiger partial charge in [-0.15, -0.1) is 0 Å². The van der Waals surface area contributed by atoms with Crippen molar-refractivity contribution in [1.29, 1.82) is 0 Å². The van der Waals surface area contributed by atoms with Crippen LogP contribution >= 0.6 is 0 Å². The Kier molecular flexibility index (Phi) is 6.12. The third-order valence-electron chi connectivity index (χ3n) is 5.45. The fourth-order valence-electron chi connectivity index (χ4n) is 3.46. The van der Waals surface area contributed by atoms with Gasteiger partial charge in [-0.1, -0.05) is 6.07 Å². The Labute approximate surface area is 183 Å². The fourth-order valence-corrected chi connectivity index (χ4v) is 4.97. The lowest BCUT2D eigenvalue weighted by molar-refractivity contribution is -0.137. The smallest absolute Gasteiger partial charge is 0.361 e. The second-order valence-corrected chi connectivity index (χ2v) is 10.5. The molecule has 0 saturated carbocycles. The number of alkyl halides is 3. The van der Waals surface area contributed by atoms with Gasteiger partial charge in [0.25, 0.3) is 0 Å². The minimum absolute atomic E-state index is 0.129. The predicted molar refractivity (Wildman–Crippen MR) is 112 cm³/mol. The molecule has 172 valence electrons. The summed E-state index contributed by atoms with van der Waals surface area (Å²) in [6.07, 6.45) is -2.70. The summed E-state index contributed by atoms with van der Waals surface area (Å²) >= 11 is 0. The maximum absolute atomic E-state index is 13.6. The van der Waals surface area contributed by atoms with Crippen molar-refractivity contribution in [1.82, 2.24) is 9.88 Å². The van der Waals surface area contributed by atoms with Gasteiger partial charge in [-0.05, 0) is 62.2 Å². The molecule has 3 aromatic rings. The Morgan fingerprint density at radius 1 is 1.09 bits per heavy atom. The van der Waals surface area contributed by atoms with E-state index in [1.807, 2.05) is 0 Å². The van der Waals surface area contributed by atoms with E-state index in [1.54, 1.807) is 12.3 Å². The van der Waals surface area contributed by atoms with Crippen molar-refractivity contribution in [3.05, 3.63) is 65.6 Å². The summed E-state index contributed by atoms with van der Waals surface area (Å²) in [5.41, 5.74) is 0.363. The Morgan fingerprint density at radius 2 is 1.78 bits per heavy atom. The number of carbonyl (C=O) groups is 1. The highest BCUT2D eigenvalue weighted by Crippen LogP contribution is 2.33. The molecule has 10 heteroatoms. The average Bonchev–Trinajstić information content (AvgIpc) is 3.12. The molecule has 0 radical (unpaired) electrons. The zero-order valence-electron chi connectivity index (χ0n) is 17.6. The third kappa shape index (κ3) is 4.36. The normalized spacial score (nSPS) is 12.8. The Morgan fingerprint density at radius 3 is 2.44 bits per heavy atom. The molecule has 1 aromatic heterocycles. The van der Waals surface area contributed by atoms with Gasteiger partial charge in [-0.3, -0.25) is 4.79 Å². The number of aromatic amines is 1. The molecule has 0 atom stereocenters. The van der Waals surface area contributed by atoms with Gasteiger partial charge in [-0.2, -0.15) is 13.2 Å². The highest BCUT2D eigenvalue weighted by molar-refractivity contribution is 7.93. The monoisotopic (exact) mass is 470 g/mol. The van der Waals surface area contributed by atoms with Crippen molar-refractivity contribution in [2.75, 3.05) is 13.6 Å². The first-order chi connectivity index (χ1) is 14.7. The number of nitrogens with zero attached hydrogens (tertiary/aromatic N) is 1. The number of halogens is 4. The van der Waals surface area contributed by atoms with Crippen molar-refractivity contribution in [3.8, 4) is 0 Å². The largest absolute Gasteiger partial charge is 0.416 e. The number of H-pyrrole nitrogens is 1. The molecule has 2 aromatic carbocycles. The van der Waals surface area contributed by atoms with Crippen LogP contribution in [0.1, 0.15) is 25.0 Å². The Hall–Kier alpha value is -2.88. The molecule has 5 nitrogen and oxygen atoms in total. The van der Waals surface area contributed by atoms with Crippen LogP contribution in [-0.4, -0.2) is 42.5 Å². The number of amides is 1. The van der Waals surface area contributed by atoms with Crippen LogP contribution in [0, 0.1) is 5.82 Å². The van der Waals surface area contributed by atoms with Gasteiger partial charge in [0, 0.05) is 30.7 Å². The van der Waals surface area contributed by atoms with E-state index >= 15 is 0 Å². The van der Waals surface area contributed by atoms with E-state index in [0.717, 1.165) is 29.3 Å². The molecule has 0 aliphatic rings. The Balaban J connectivity index is 1.81. The van der Waals surface area contributed by atoms with Crippen molar-refractivity contribution >= 4 is 26.6 Å². The van der Waals surface area contributed by atoms with Crippen LogP contribution in [0.4, 0.5) is 17.6 Å². The van der Waals surface area contributed by atoms with Crippen LogP contribution in [0.5, 0.6) is 0 Å². The fraction of sp³-hybridized carbons (Fsp3) is 0.318. The molecule has 1 heterocycles. The number of hydrogen-bond acceptors (Lipinski definition) is 3. The van der Waals surface area contributed by atoms with Crippen LogP contribution in [0.2, 0.25) is 0 Å². The van der Waals surface area contributed by atoms with Crippen LogP contribution in [0.15, 0.2) is 53.6 Å². The minimum Gasteiger partial charge on any atom is -0.361 e. The van der Waals surface area contributed by atoms with Crippen LogP contribution in [-0.2, 0) is 27.2 Å². The van der Waals surface area contributed by atoms with E-state index < -0.39 is 42.9 Å². The first kappa shape index (κ1) is 23.8. The molecule has 0 spiro atoms. The Bertz CT molecular complexity index is 1260. The van der Waals surface area contributed by atoms with Crippen LogP contribution < -0.4 is 0 Å². The van der Waals surface area contributed by atoms with Crippen LogP contribution in [0.25, 0.3) is 10.9 Å². The SMILES string of the molecule is CN(CCc1c[nH]c2ccc(F)cc12)C(=O)C(C)(C)S(=O)(=O)c1cccc(C(F)(F)F)c1.